The SMILES string of the molecule is CONS(=O)(=O)c1ccc(C(=O)N2CCCC2c2ccc3c(c2)OCCCO3)cc1. The molecule has 0 aromatic heterocycles. The molecule has 0 radical (unpaired) electrons. The first-order valence-corrected chi connectivity index (χ1v) is 11.3. The van der Waals surface area contributed by atoms with E-state index in [4.69, 9.17) is 9.47 Å². The van der Waals surface area contributed by atoms with Crippen LogP contribution in [0, 0.1) is 0 Å². The Bertz CT molecular complexity index is 1020. The van der Waals surface area contributed by atoms with Gasteiger partial charge in [0.05, 0.1) is 31.3 Å². The van der Waals surface area contributed by atoms with Gasteiger partial charge < -0.3 is 14.4 Å². The lowest BCUT2D eigenvalue weighted by Crippen LogP contribution is -2.30. The maximum atomic E-state index is 13.1. The second-order valence-corrected chi connectivity index (χ2v) is 8.87. The Labute approximate surface area is 175 Å². The monoisotopic (exact) mass is 432 g/mol. The summed E-state index contributed by atoms with van der Waals surface area (Å²) in [6.45, 7) is 1.88. The molecule has 2 aliphatic rings. The third kappa shape index (κ3) is 4.14. The van der Waals surface area contributed by atoms with Crippen molar-refractivity contribution in [3.05, 3.63) is 53.6 Å². The first-order valence-electron chi connectivity index (χ1n) is 9.85. The number of amides is 1. The van der Waals surface area contributed by atoms with Crippen molar-refractivity contribution < 1.29 is 27.5 Å². The molecule has 1 saturated heterocycles. The van der Waals surface area contributed by atoms with Crippen LogP contribution in [0.4, 0.5) is 0 Å². The van der Waals surface area contributed by atoms with E-state index in [1.54, 1.807) is 0 Å². The first kappa shape index (κ1) is 20.6. The third-order valence-electron chi connectivity index (χ3n) is 5.27. The van der Waals surface area contributed by atoms with E-state index in [0.717, 1.165) is 30.6 Å². The van der Waals surface area contributed by atoms with E-state index in [0.29, 0.717) is 31.1 Å². The zero-order valence-corrected chi connectivity index (χ0v) is 17.5. The fraction of sp³-hybridized carbons (Fsp3) is 0.381. The summed E-state index contributed by atoms with van der Waals surface area (Å²) in [4.78, 5) is 21.5. The molecule has 2 aromatic carbocycles. The van der Waals surface area contributed by atoms with Crippen LogP contribution in [0.5, 0.6) is 11.5 Å². The summed E-state index contributed by atoms with van der Waals surface area (Å²) in [7, 11) is -2.54. The molecular weight excluding hydrogens is 408 g/mol. The Kier molecular flexibility index (Phi) is 5.94. The van der Waals surface area contributed by atoms with Crippen molar-refractivity contribution in [1.29, 1.82) is 0 Å². The Morgan fingerprint density at radius 2 is 1.80 bits per heavy atom. The first-order chi connectivity index (χ1) is 14.5. The summed E-state index contributed by atoms with van der Waals surface area (Å²) < 4.78 is 35.5. The summed E-state index contributed by atoms with van der Waals surface area (Å²) in [5.41, 5.74) is 1.45. The topological polar surface area (TPSA) is 94.2 Å². The van der Waals surface area contributed by atoms with Crippen molar-refractivity contribution in [2.45, 2.75) is 30.2 Å². The number of nitrogens with zero attached hydrogens (tertiary/aromatic N) is 1. The van der Waals surface area contributed by atoms with Gasteiger partial charge in [0.2, 0.25) is 0 Å². The van der Waals surface area contributed by atoms with Crippen LogP contribution in [0.1, 0.15) is 41.2 Å². The number of likely N-dealkylation sites (tertiary alicyclic amines) is 1. The number of ether oxygens (including phenoxy) is 2. The lowest BCUT2D eigenvalue weighted by molar-refractivity contribution is 0.0735. The van der Waals surface area contributed by atoms with Crippen LogP contribution in [0.25, 0.3) is 0 Å². The smallest absolute Gasteiger partial charge is 0.262 e. The maximum Gasteiger partial charge on any atom is 0.262 e. The molecule has 4 rings (SSSR count). The Hall–Kier alpha value is -2.62. The molecule has 2 aromatic rings. The van der Waals surface area contributed by atoms with Crippen LogP contribution < -0.4 is 14.4 Å². The number of rotatable bonds is 5. The predicted octanol–water partition coefficient (Wildman–Crippen LogP) is 2.66. The van der Waals surface area contributed by atoms with E-state index >= 15 is 0 Å². The standard InChI is InChI=1S/C21H24N2O6S/c1-27-22-30(25,26)17-8-5-15(6-9-17)21(24)23-11-2-4-18(23)16-7-10-19-20(14-16)29-13-3-12-28-19/h5-10,14,18,22H,2-4,11-13H2,1H3. The van der Waals surface area contributed by atoms with E-state index in [2.05, 4.69) is 4.84 Å². The van der Waals surface area contributed by atoms with Crippen LogP contribution in [0.3, 0.4) is 0 Å². The molecule has 1 N–H and O–H groups in total. The fourth-order valence-electron chi connectivity index (χ4n) is 3.84. The Balaban J connectivity index is 1.55. The van der Waals surface area contributed by atoms with Crippen LogP contribution >= 0.6 is 0 Å². The minimum atomic E-state index is -3.76. The molecule has 2 heterocycles. The molecule has 0 spiro atoms. The molecule has 1 amide bonds. The minimum Gasteiger partial charge on any atom is -0.490 e. The second kappa shape index (κ2) is 8.63. The molecule has 8 nitrogen and oxygen atoms in total. The van der Waals surface area contributed by atoms with Gasteiger partial charge in [0.1, 0.15) is 0 Å². The summed E-state index contributed by atoms with van der Waals surface area (Å²) in [6, 6.07) is 11.6. The van der Waals surface area contributed by atoms with Crippen LogP contribution in [-0.4, -0.2) is 46.1 Å². The van der Waals surface area contributed by atoms with Gasteiger partial charge in [0, 0.05) is 18.5 Å². The summed E-state index contributed by atoms with van der Waals surface area (Å²) in [5.74, 6) is 1.31. The lowest BCUT2D eigenvalue weighted by atomic mass is 10.0. The highest BCUT2D eigenvalue weighted by Gasteiger charge is 2.31. The van der Waals surface area contributed by atoms with Gasteiger partial charge in [-0.05, 0) is 54.8 Å². The molecule has 1 fully saturated rings. The maximum absolute atomic E-state index is 13.1. The third-order valence-corrected chi connectivity index (χ3v) is 6.55. The summed E-state index contributed by atoms with van der Waals surface area (Å²) >= 11 is 0. The number of carbonyl (C=O) groups excluding carboxylic acids is 1. The van der Waals surface area contributed by atoms with Crippen LogP contribution in [0.15, 0.2) is 47.4 Å². The van der Waals surface area contributed by atoms with Gasteiger partial charge in [0.25, 0.3) is 15.9 Å². The number of hydrogen-bond donors (Lipinski definition) is 1. The number of fused-ring (bicyclic) bond motifs is 1. The highest BCUT2D eigenvalue weighted by atomic mass is 32.2. The molecule has 0 aliphatic carbocycles. The van der Waals surface area contributed by atoms with Crippen molar-refractivity contribution in [2.24, 2.45) is 0 Å². The molecule has 0 bridgehead atoms. The van der Waals surface area contributed by atoms with Gasteiger partial charge >= 0.3 is 0 Å². The largest absolute Gasteiger partial charge is 0.490 e. The molecular formula is C21H24N2O6S. The Morgan fingerprint density at radius 3 is 2.53 bits per heavy atom. The van der Waals surface area contributed by atoms with Crippen molar-refractivity contribution in [3.8, 4) is 11.5 Å². The summed E-state index contributed by atoms with van der Waals surface area (Å²) in [6.07, 6.45) is 2.59. The fourth-order valence-corrected chi connectivity index (χ4v) is 4.65. The Morgan fingerprint density at radius 1 is 1.07 bits per heavy atom. The van der Waals surface area contributed by atoms with Gasteiger partial charge in [-0.3, -0.25) is 9.63 Å². The van der Waals surface area contributed by atoms with Gasteiger partial charge in [0.15, 0.2) is 11.5 Å². The normalized spacial score (nSPS) is 18.8. The molecule has 9 heteroatoms. The van der Waals surface area contributed by atoms with Gasteiger partial charge in [-0.2, -0.15) is 0 Å². The average Bonchev–Trinajstić information content (AvgIpc) is 3.12. The van der Waals surface area contributed by atoms with E-state index < -0.39 is 10.0 Å². The number of nitrogens with one attached hydrogen (secondary N) is 1. The highest BCUT2D eigenvalue weighted by Crippen LogP contribution is 2.38. The quantitative estimate of drug-likeness (QED) is 0.730. The number of benzene rings is 2. The van der Waals surface area contributed by atoms with E-state index in [1.165, 1.54) is 31.4 Å². The zero-order valence-electron chi connectivity index (χ0n) is 16.7. The van der Waals surface area contributed by atoms with E-state index in [-0.39, 0.29) is 16.8 Å². The number of sulfonamides is 1. The minimum absolute atomic E-state index is 0.0294. The average molecular weight is 432 g/mol. The van der Waals surface area contributed by atoms with Gasteiger partial charge in [-0.1, -0.05) is 11.0 Å². The van der Waals surface area contributed by atoms with E-state index in [9.17, 15) is 13.2 Å². The van der Waals surface area contributed by atoms with Crippen molar-refractivity contribution in [1.82, 2.24) is 9.79 Å². The molecule has 30 heavy (non-hydrogen) atoms. The van der Waals surface area contributed by atoms with Gasteiger partial charge in [-0.15, -0.1) is 0 Å². The molecule has 1 unspecified atom stereocenters. The molecule has 0 saturated carbocycles. The highest BCUT2D eigenvalue weighted by molar-refractivity contribution is 7.89. The number of hydrogen-bond acceptors (Lipinski definition) is 6. The van der Waals surface area contributed by atoms with Crippen molar-refractivity contribution in [2.75, 3.05) is 26.9 Å². The lowest BCUT2D eigenvalue weighted by Gasteiger charge is -2.26. The molecule has 1 atom stereocenters. The molecule has 160 valence electrons. The number of carbonyl (C=O) groups is 1. The van der Waals surface area contributed by atoms with Crippen LogP contribution in [-0.2, 0) is 14.9 Å². The summed E-state index contributed by atoms with van der Waals surface area (Å²) in [5, 5.41) is 0. The van der Waals surface area contributed by atoms with Crippen molar-refractivity contribution in [3.63, 3.8) is 0 Å². The second-order valence-electron chi connectivity index (χ2n) is 7.23. The molecule has 2 aliphatic heterocycles. The van der Waals surface area contributed by atoms with Gasteiger partial charge in [-0.25, -0.2) is 8.42 Å². The van der Waals surface area contributed by atoms with E-state index in [1.807, 2.05) is 28.0 Å². The van der Waals surface area contributed by atoms with Crippen molar-refractivity contribution >= 4 is 15.9 Å². The zero-order chi connectivity index (χ0) is 21.1. The predicted molar refractivity (Wildman–Crippen MR) is 109 cm³/mol. The van der Waals surface area contributed by atoms with Crippen LogP contribution in [0.2, 0.25) is 0 Å².